The summed E-state index contributed by atoms with van der Waals surface area (Å²) in [4.78, 5) is 0. The summed E-state index contributed by atoms with van der Waals surface area (Å²) in [6.45, 7) is 3.18. The fourth-order valence-electron chi connectivity index (χ4n) is 0.934. The van der Waals surface area contributed by atoms with Crippen molar-refractivity contribution in [3.05, 3.63) is 34.9 Å². The lowest BCUT2D eigenvalue weighted by atomic mass is 10.1. The monoisotopic (exact) mass is 195 g/mol. The van der Waals surface area contributed by atoms with Gasteiger partial charge in [0, 0.05) is 0 Å². The molecular formula is C11H11F2N. The van der Waals surface area contributed by atoms with Gasteiger partial charge in [-0.2, -0.15) is 0 Å². The van der Waals surface area contributed by atoms with Crippen molar-refractivity contribution in [2.45, 2.75) is 19.9 Å². The quantitative estimate of drug-likeness (QED) is 0.629. The van der Waals surface area contributed by atoms with Gasteiger partial charge in [0.05, 0.1) is 11.6 Å². The van der Waals surface area contributed by atoms with E-state index in [4.69, 9.17) is 5.73 Å². The van der Waals surface area contributed by atoms with Gasteiger partial charge >= 0.3 is 0 Å². The molecule has 1 aromatic rings. The standard InChI is InChI=1S/C11H11F2N/c1-7-3-5-9(6-4-8(2)14)11(13)10(7)12/h3,5,8H,14H2,1-2H3. The number of benzene rings is 1. The maximum absolute atomic E-state index is 13.2. The molecule has 3 heteroatoms. The molecule has 2 N–H and O–H groups in total. The van der Waals surface area contributed by atoms with Crippen LogP contribution in [0.3, 0.4) is 0 Å². The SMILES string of the molecule is Cc1ccc(C#CC(C)N)c(F)c1F. The van der Waals surface area contributed by atoms with E-state index in [9.17, 15) is 8.78 Å². The van der Waals surface area contributed by atoms with Gasteiger partial charge in [0.2, 0.25) is 0 Å². The van der Waals surface area contributed by atoms with E-state index in [0.717, 1.165) is 0 Å². The van der Waals surface area contributed by atoms with Gasteiger partial charge in [0.1, 0.15) is 0 Å². The van der Waals surface area contributed by atoms with E-state index in [2.05, 4.69) is 11.8 Å². The van der Waals surface area contributed by atoms with Gasteiger partial charge in [-0.3, -0.25) is 0 Å². The first-order valence-corrected chi connectivity index (χ1v) is 4.24. The van der Waals surface area contributed by atoms with E-state index in [1.807, 2.05) is 0 Å². The van der Waals surface area contributed by atoms with Crippen LogP contribution in [0.4, 0.5) is 8.78 Å². The zero-order chi connectivity index (χ0) is 10.7. The van der Waals surface area contributed by atoms with Crippen molar-refractivity contribution in [3.63, 3.8) is 0 Å². The molecule has 0 spiro atoms. The first kappa shape index (κ1) is 10.7. The molecule has 1 rings (SSSR count). The van der Waals surface area contributed by atoms with E-state index >= 15 is 0 Å². The Kier molecular flexibility index (Phi) is 3.21. The second-order valence-corrected chi connectivity index (χ2v) is 3.12. The summed E-state index contributed by atoms with van der Waals surface area (Å²) in [6, 6.07) is 2.59. The lowest BCUT2D eigenvalue weighted by Crippen LogP contribution is -2.11. The Hall–Kier alpha value is -1.40. The Bertz CT molecular complexity index is 400. The fraction of sp³-hybridized carbons (Fsp3) is 0.273. The largest absolute Gasteiger partial charge is 0.318 e. The van der Waals surface area contributed by atoms with Crippen LogP contribution in [-0.4, -0.2) is 6.04 Å². The molecule has 0 fully saturated rings. The first-order chi connectivity index (χ1) is 6.52. The topological polar surface area (TPSA) is 26.0 Å². The summed E-state index contributed by atoms with van der Waals surface area (Å²) >= 11 is 0. The van der Waals surface area contributed by atoms with Crippen LogP contribution in [0.25, 0.3) is 0 Å². The maximum Gasteiger partial charge on any atom is 0.174 e. The normalized spacial score (nSPS) is 11.8. The van der Waals surface area contributed by atoms with Gasteiger partial charge in [-0.1, -0.05) is 17.9 Å². The lowest BCUT2D eigenvalue weighted by Gasteiger charge is -1.99. The summed E-state index contributed by atoms with van der Waals surface area (Å²) in [5.41, 5.74) is 5.69. The summed E-state index contributed by atoms with van der Waals surface area (Å²) in [7, 11) is 0. The van der Waals surface area contributed by atoms with Crippen molar-refractivity contribution in [2.75, 3.05) is 0 Å². The highest BCUT2D eigenvalue weighted by Crippen LogP contribution is 2.14. The van der Waals surface area contributed by atoms with Crippen molar-refractivity contribution in [3.8, 4) is 11.8 Å². The highest BCUT2D eigenvalue weighted by Gasteiger charge is 2.08. The number of nitrogens with two attached hydrogens (primary N) is 1. The summed E-state index contributed by atoms with van der Waals surface area (Å²) in [5.74, 6) is 3.31. The molecule has 0 aromatic heterocycles. The number of halogens is 2. The maximum atomic E-state index is 13.2. The minimum atomic E-state index is -0.904. The van der Waals surface area contributed by atoms with E-state index < -0.39 is 11.6 Å². The van der Waals surface area contributed by atoms with Gasteiger partial charge < -0.3 is 5.73 Å². The second kappa shape index (κ2) is 4.21. The third-order valence-electron chi connectivity index (χ3n) is 1.71. The Morgan fingerprint density at radius 2 is 1.93 bits per heavy atom. The van der Waals surface area contributed by atoms with E-state index in [1.165, 1.54) is 19.1 Å². The molecule has 0 saturated heterocycles. The van der Waals surface area contributed by atoms with Crippen molar-refractivity contribution in [2.24, 2.45) is 5.73 Å². The molecule has 0 radical (unpaired) electrons. The molecule has 14 heavy (non-hydrogen) atoms. The predicted octanol–water partition coefficient (Wildman–Crippen LogP) is 1.97. The number of aryl methyl sites for hydroxylation is 1. The molecule has 0 aliphatic carbocycles. The molecule has 0 amide bonds. The van der Waals surface area contributed by atoms with Crippen LogP contribution in [-0.2, 0) is 0 Å². The van der Waals surface area contributed by atoms with Gasteiger partial charge in [-0.25, -0.2) is 8.78 Å². The zero-order valence-corrected chi connectivity index (χ0v) is 8.07. The molecule has 0 aliphatic heterocycles. The summed E-state index contributed by atoms with van der Waals surface area (Å²) < 4.78 is 26.2. The van der Waals surface area contributed by atoms with Crippen molar-refractivity contribution >= 4 is 0 Å². The third kappa shape index (κ3) is 2.30. The Labute approximate surface area is 81.9 Å². The molecule has 0 heterocycles. The molecule has 1 nitrogen and oxygen atoms in total. The molecule has 0 saturated carbocycles. The molecule has 1 atom stereocenters. The second-order valence-electron chi connectivity index (χ2n) is 3.12. The molecular weight excluding hydrogens is 184 g/mol. The highest BCUT2D eigenvalue weighted by molar-refractivity contribution is 5.38. The average Bonchev–Trinajstić information content (AvgIpc) is 2.13. The van der Waals surface area contributed by atoms with E-state index in [-0.39, 0.29) is 17.2 Å². The highest BCUT2D eigenvalue weighted by atomic mass is 19.2. The van der Waals surface area contributed by atoms with Crippen LogP contribution >= 0.6 is 0 Å². The zero-order valence-electron chi connectivity index (χ0n) is 8.07. The van der Waals surface area contributed by atoms with E-state index in [1.54, 1.807) is 6.92 Å². The molecule has 0 aliphatic rings. The van der Waals surface area contributed by atoms with Crippen molar-refractivity contribution < 1.29 is 8.78 Å². The number of hydrogen-bond acceptors (Lipinski definition) is 1. The summed E-state index contributed by atoms with van der Waals surface area (Å²) in [6.07, 6.45) is 0. The van der Waals surface area contributed by atoms with Crippen LogP contribution in [0.5, 0.6) is 0 Å². The van der Waals surface area contributed by atoms with Gasteiger partial charge in [-0.05, 0) is 25.5 Å². The smallest absolute Gasteiger partial charge is 0.174 e. The van der Waals surface area contributed by atoms with Crippen molar-refractivity contribution in [1.82, 2.24) is 0 Å². The van der Waals surface area contributed by atoms with Crippen LogP contribution in [0.15, 0.2) is 12.1 Å². The molecule has 1 aromatic carbocycles. The van der Waals surface area contributed by atoms with Crippen LogP contribution < -0.4 is 5.73 Å². The average molecular weight is 195 g/mol. The van der Waals surface area contributed by atoms with Gasteiger partial charge in [-0.15, -0.1) is 0 Å². The van der Waals surface area contributed by atoms with Crippen LogP contribution in [0.2, 0.25) is 0 Å². The first-order valence-electron chi connectivity index (χ1n) is 4.24. The number of hydrogen-bond donors (Lipinski definition) is 1. The van der Waals surface area contributed by atoms with Crippen LogP contribution in [0.1, 0.15) is 18.1 Å². The molecule has 74 valence electrons. The van der Waals surface area contributed by atoms with E-state index in [0.29, 0.717) is 0 Å². The predicted molar refractivity (Wildman–Crippen MR) is 51.6 cm³/mol. The third-order valence-corrected chi connectivity index (χ3v) is 1.71. The molecule has 0 bridgehead atoms. The van der Waals surface area contributed by atoms with Gasteiger partial charge in [0.15, 0.2) is 11.6 Å². The van der Waals surface area contributed by atoms with Gasteiger partial charge in [0.25, 0.3) is 0 Å². The minimum absolute atomic E-state index is 0.0467. The van der Waals surface area contributed by atoms with Crippen molar-refractivity contribution in [1.29, 1.82) is 0 Å². The Balaban J connectivity index is 3.14. The lowest BCUT2D eigenvalue weighted by molar-refractivity contribution is 0.501. The minimum Gasteiger partial charge on any atom is -0.318 e. The fourth-order valence-corrected chi connectivity index (χ4v) is 0.934. The number of rotatable bonds is 0. The molecule has 1 unspecified atom stereocenters. The summed E-state index contributed by atoms with van der Waals surface area (Å²) in [5, 5.41) is 0. The van der Waals surface area contributed by atoms with Crippen LogP contribution in [0, 0.1) is 30.4 Å². The Morgan fingerprint density at radius 3 is 2.50 bits per heavy atom. The Morgan fingerprint density at radius 1 is 1.29 bits per heavy atom.